The summed E-state index contributed by atoms with van der Waals surface area (Å²) in [5, 5.41) is 3.91. The van der Waals surface area contributed by atoms with Gasteiger partial charge in [-0.15, -0.1) is 0 Å². The number of halogens is 1. The number of piperazine rings is 1. The molecule has 0 spiro atoms. The standard InChI is InChI=1S/C23H23FN4O2/c1-16(22(29)26-21-6-2-5-20-19(21)4-3-11-25-20)27-12-14-28(15-13-27)23(30)17-7-9-18(24)10-8-17/h2-11,16H,12-15H2,1H3,(H,26,29)/t16-/m1/s1. The first-order valence-electron chi connectivity index (χ1n) is 9.96. The molecule has 0 bridgehead atoms. The Bertz CT molecular complexity index is 1060. The van der Waals surface area contributed by atoms with E-state index in [1.54, 1.807) is 11.1 Å². The number of pyridine rings is 1. The Morgan fingerprint density at radius 1 is 1.00 bits per heavy atom. The van der Waals surface area contributed by atoms with E-state index in [9.17, 15) is 14.0 Å². The van der Waals surface area contributed by atoms with E-state index in [-0.39, 0.29) is 23.7 Å². The minimum atomic E-state index is -0.363. The van der Waals surface area contributed by atoms with Crippen molar-refractivity contribution in [3.05, 3.63) is 72.2 Å². The fourth-order valence-electron chi connectivity index (χ4n) is 3.70. The lowest BCUT2D eigenvalue weighted by Crippen LogP contribution is -2.54. The molecule has 1 fully saturated rings. The van der Waals surface area contributed by atoms with E-state index in [1.807, 2.05) is 37.3 Å². The molecule has 1 atom stereocenters. The van der Waals surface area contributed by atoms with Gasteiger partial charge in [0, 0.05) is 43.3 Å². The highest BCUT2D eigenvalue weighted by Gasteiger charge is 2.28. The van der Waals surface area contributed by atoms with Crippen molar-refractivity contribution >= 4 is 28.4 Å². The van der Waals surface area contributed by atoms with Crippen molar-refractivity contribution in [2.75, 3.05) is 31.5 Å². The maximum Gasteiger partial charge on any atom is 0.253 e. The van der Waals surface area contributed by atoms with Gasteiger partial charge >= 0.3 is 0 Å². The Morgan fingerprint density at radius 3 is 2.47 bits per heavy atom. The highest BCUT2D eigenvalue weighted by molar-refractivity contribution is 6.02. The van der Waals surface area contributed by atoms with Crippen molar-refractivity contribution < 1.29 is 14.0 Å². The first-order valence-corrected chi connectivity index (χ1v) is 9.96. The average Bonchev–Trinajstić information content (AvgIpc) is 2.79. The van der Waals surface area contributed by atoms with E-state index < -0.39 is 0 Å². The molecule has 4 rings (SSSR count). The Kier molecular flexibility index (Phi) is 5.72. The second kappa shape index (κ2) is 8.59. The summed E-state index contributed by atoms with van der Waals surface area (Å²) >= 11 is 0. The van der Waals surface area contributed by atoms with Gasteiger partial charge in [-0.25, -0.2) is 4.39 Å². The lowest BCUT2D eigenvalue weighted by molar-refractivity contribution is -0.121. The van der Waals surface area contributed by atoms with Crippen molar-refractivity contribution in [3.8, 4) is 0 Å². The monoisotopic (exact) mass is 406 g/mol. The smallest absolute Gasteiger partial charge is 0.253 e. The van der Waals surface area contributed by atoms with Crippen LogP contribution in [0.15, 0.2) is 60.8 Å². The SMILES string of the molecule is C[C@H](C(=O)Nc1cccc2ncccc12)N1CCN(C(=O)c2ccc(F)cc2)CC1. The second-order valence-electron chi connectivity index (χ2n) is 7.38. The summed E-state index contributed by atoms with van der Waals surface area (Å²) in [5.41, 5.74) is 2.04. The molecule has 0 saturated carbocycles. The van der Waals surface area contributed by atoms with E-state index in [1.165, 1.54) is 24.3 Å². The van der Waals surface area contributed by atoms with Crippen LogP contribution >= 0.6 is 0 Å². The van der Waals surface area contributed by atoms with Gasteiger partial charge in [0.2, 0.25) is 5.91 Å². The summed E-state index contributed by atoms with van der Waals surface area (Å²) in [6.45, 7) is 4.10. The van der Waals surface area contributed by atoms with Gasteiger partial charge in [-0.3, -0.25) is 19.5 Å². The van der Waals surface area contributed by atoms with Crippen molar-refractivity contribution in [2.24, 2.45) is 0 Å². The van der Waals surface area contributed by atoms with Crippen LogP contribution in [0.3, 0.4) is 0 Å². The lowest BCUT2D eigenvalue weighted by atomic mass is 10.1. The molecule has 1 aromatic heterocycles. The van der Waals surface area contributed by atoms with E-state index in [0.717, 1.165) is 16.6 Å². The number of nitrogens with one attached hydrogen (secondary N) is 1. The molecule has 1 aliphatic rings. The molecular weight excluding hydrogens is 383 g/mol. The summed E-state index contributed by atoms with van der Waals surface area (Å²) in [6.07, 6.45) is 1.73. The normalized spacial score (nSPS) is 15.7. The lowest BCUT2D eigenvalue weighted by Gasteiger charge is -2.37. The Labute approximate surface area is 174 Å². The summed E-state index contributed by atoms with van der Waals surface area (Å²) < 4.78 is 13.1. The van der Waals surface area contributed by atoms with E-state index >= 15 is 0 Å². The highest BCUT2D eigenvalue weighted by atomic mass is 19.1. The Morgan fingerprint density at radius 2 is 1.73 bits per heavy atom. The van der Waals surface area contributed by atoms with E-state index in [0.29, 0.717) is 31.7 Å². The van der Waals surface area contributed by atoms with Gasteiger partial charge in [0.05, 0.1) is 17.2 Å². The maximum atomic E-state index is 13.1. The largest absolute Gasteiger partial charge is 0.336 e. The van der Waals surface area contributed by atoms with Crippen molar-refractivity contribution in [1.82, 2.24) is 14.8 Å². The minimum Gasteiger partial charge on any atom is -0.336 e. The minimum absolute atomic E-state index is 0.0929. The van der Waals surface area contributed by atoms with E-state index in [2.05, 4.69) is 15.2 Å². The van der Waals surface area contributed by atoms with Crippen LogP contribution < -0.4 is 5.32 Å². The number of benzene rings is 2. The molecule has 0 aliphatic carbocycles. The molecule has 6 nitrogen and oxygen atoms in total. The number of rotatable bonds is 4. The topological polar surface area (TPSA) is 65.5 Å². The van der Waals surface area contributed by atoms with E-state index in [4.69, 9.17) is 0 Å². The maximum absolute atomic E-state index is 13.1. The molecule has 3 aromatic rings. The number of aromatic nitrogens is 1. The van der Waals surface area contributed by atoms with Gasteiger partial charge < -0.3 is 10.2 Å². The molecule has 0 unspecified atom stereocenters. The second-order valence-corrected chi connectivity index (χ2v) is 7.38. The Hall–Kier alpha value is -3.32. The molecule has 2 aromatic carbocycles. The van der Waals surface area contributed by atoms with Crippen LogP contribution in [-0.2, 0) is 4.79 Å². The zero-order chi connectivity index (χ0) is 21.1. The highest BCUT2D eigenvalue weighted by Crippen LogP contribution is 2.22. The number of nitrogens with zero attached hydrogens (tertiary/aromatic N) is 3. The molecule has 154 valence electrons. The first kappa shape index (κ1) is 20.0. The zero-order valence-electron chi connectivity index (χ0n) is 16.7. The molecule has 30 heavy (non-hydrogen) atoms. The van der Waals surface area contributed by atoms with Crippen LogP contribution in [0.4, 0.5) is 10.1 Å². The molecular formula is C23H23FN4O2. The van der Waals surface area contributed by atoms with Gasteiger partial charge in [-0.2, -0.15) is 0 Å². The van der Waals surface area contributed by atoms with Crippen LogP contribution in [0.2, 0.25) is 0 Å². The molecule has 2 amide bonds. The summed E-state index contributed by atoms with van der Waals surface area (Å²) in [5.74, 6) is -0.571. The summed E-state index contributed by atoms with van der Waals surface area (Å²) in [4.78, 5) is 33.5. The van der Waals surface area contributed by atoms with Crippen molar-refractivity contribution in [3.63, 3.8) is 0 Å². The molecule has 0 radical (unpaired) electrons. The van der Waals surface area contributed by atoms with Crippen LogP contribution in [-0.4, -0.2) is 58.8 Å². The number of hydrogen-bond acceptors (Lipinski definition) is 4. The number of amides is 2. The average molecular weight is 406 g/mol. The number of carbonyl (C=O) groups is 2. The number of hydrogen-bond donors (Lipinski definition) is 1. The molecule has 7 heteroatoms. The molecule has 1 aliphatic heterocycles. The predicted octanol–water partition coefficient (Wildman–Crippen LogP) is 3.16. The number of carbonyl (C=O) groups excluding carboxylic acids is 2. The molecule has 2 heterocycles. The number of fused-ring (bicyclic) bond motifs is 1. The number of anilines is 1. The van der Waals surface area contributed by atoms with Crippen molar-refractivity contribution in [2.45, 2.75) is 13.0 Å². The quantitative estimate of drug-likeness (QED) is 0.723. The molecule has 1 N–H and O–H groups in total. The fraction of sp³-hybridized carbons (Fsp3) is 0.261. The van der Waals surface area contributed by atoms with Crippen LogP contribution in [0.25, 0.3) is 10.9 Å². The van der Waals surface area contributed by atoms with Crippen LogP contribution in [0.5, 0.6) is 0 Å². The summed E-state index contributed by atoms with van der Waals surface area (Å²) in [6, 6.07) is 14.7. The molecule has 1 saturated heterocycles. The summed E-state index contributed by atoms with van der Waals surface area (Å²) in [7, 11) is 0. The van der Waals surface area contributed by atoms with Crippen LogP contribution in [0, 0.1) is 5.82 Å². The van der Waals surface area contributed by atoms with Gasteiger partial charge in [0.15, 0.2) is 0 Å². The Balaban J connectivity index is 1.36. The first-order chi connectivity index (χ1) is 14.5. The predicted molar refractivity (Wildman–Crippen MR) is 114 cm³/mol. The van der Waals surface area contributed by atoms with Gasteiger partial charge in [-0.1, -0.05) is 6.07 Å². The van der Waals surface area contributed by atoms with Crippen molar-refractivity contribution in [1.29, 1.82) is 0 Å². The van der Waals surface area contributed by atoms with Crippen LogP contribution in [0.1, 0.15) is 17.3 Å². The third-order valence-corrected chi connectivity index (χ3v) is 5.52. The zero-order valence-corrected chi connectivity index (χ0v) is 16.7. The van der Waals surface area contributed by atoms with Gasteiger partial charge in [-0.05, 0) is 55.5 Å². The van der Waals surface area contributed by atoms with Gasteiger partial charge in [0.25, 0.3) is 5.91 Å². The van der Waals surface area contributed by atoms with Gasteiger partial charge in [0.1, 0.15) is 5.82 Å². The fourth-order valence-corrected chi connectivity index (χ4v) is 3.70. The third-order valence-electron chi connectivity index (χ3n) is 5.52. The third kappa shape index (κ3) is 4.16.